The van der Waals surface area contributed by atoms with Crippen molar-refractivity contribution >= 4 is 11.6 Å². The molecule has 0 aromatic heterocycles. The van der Waals surface area contributed by atoms with Crippen LogP contribution in [0, 0.1) is 11.6 Å². The van der Waals surface area contributed by atoms with Gasteiger partial charge in [-0.1, -0.05) is 13.0 Å². The Bertz CT molecular complexity index is 461. The van der Waals surface area contributed by atoms with Gasteiger partial charge in [0.15, 0.2) is 11.6 Å². The number of nitrogens with zero attached hydrogens (tertiary/aromatic N) is 1. The quantitative estimate of drug-likeness (QED) is 0.648. The van der Waals surface area contributed by atoms with E-state index in [0.717, 1.165) is 18.6 Å². The zero-order valence-corrected chi connectivity index (χ0v) is 10.2. The highest BCUT2D eigenvalue weighted by molar-refractivity contribution is 5.99. The third-order valence-corrected chi connectivity index (χ3v) is 2.45. The molecule has 0 fully saturated rings. The van der Waals surface area contributed by atoms with Crippen LogP contribution in [0.2, 0.25) is 0 Å². The van der Waals surface area contributed by atoms with Crippen molar-refractivity contribution in [3.05, 3.63) is 42.0 Å². The largest absolute Gasteiger partial charge is 0.398 e. The molecule has 0 atom stereocenters. The van der Waals surface area contributed by atoms with Crippen molar-refractivity contribution in [2.45, 2.75) is 13.3 Å². The monoisotopic (exact) mass is 254 g/mol. The zero-order chi connectivity index (χ0) is 13.7. The van der Waals surface area contributed by atoms with Crippen molar-refractivity contribution in [2.75, 3.05) is 18.8 Å². The van der Waals surface area contributed by atoms with E-state index in [9.17, 15) is 13.6 Å². The lowest BCUT2D eigenvalue weighted by Crippen LogP contribution is -2.32. The fourth-order valence-corrected chi connectivity index (χ4v) is 1.62. The molecule has 5 heteroatoms. The maximum atomic E-state index is 13.1. The van der Waals surface area contributed by atoms with Crippen molar-refractivity contribution < 1.29 is 13.6 Å². The first-order chi connectivity index (χ1) is 8.51. The smallest absolute Gasteiger partial charge is 0.256 e. The lowest BCUT2D eigenvalue weighted by atomic mass is 10.1. The first-order valence-corrected chi connectivity index (χ1v) is 5.66. The Hall–Kier alpha value is -1.91. The molecule has 1 aromatic carbocycles. The van der Waals surface area contributed by atoms with E-state index in [1.54, 1.807) is 6.08 Å². The van der Waals surface area contributed by atoms with Crippen LogP contribution in [-0.2, 0) is 0 Å². The van der Waals surface area contributed by atoms with Gasteiger partial charge in [-0.3, -0.25) is 4.79 Å². The lowest BCUT2D eigenvalue weighted by molar-refractivity contribution is 0.0774. The summed E-state index contributed by atoms with van der Waals surface area (Å²) >= 11 is 0. The van der Waals surface area contributed by atoms with Gasteiger partial charge in [0.25, 0.3) is 5.91 Å². The molecular weight excluding hydrogens is 238 g/mol. The molecule has 0 aliphatic rings. The van der Waals surface area contributed by atoms with Crippen LogP contribution in [0.15, 0.2) is 24.8 Å². The summed E-state index contributed by atoms with van der Waals surface area (Å²) in [7, 11) is 0. The Labute approximate surface area is 105 Å². The minimum absolute atomic E-state index is 0.0239. The van der Waals surface area contributed by atoms with E-state index < -0.39 is 17.5 Å². The normalized spacial score (nSPS) is 10.2. The van der Waals surface area contributed by atoms with Gasteiger partial charge in [0, 0.05) is 24.8 Å². The van der Waals surface area contributed by atoms with Crippen LogP contribution in [0.1, 0.15) is 23.7 Å². The van der Waals surface area contributed by atoms with Gasteiger partial charge < -0.3 is 10.6 Å². The van der Waals surface area contributed by atoms with E-state index in [1.807, 2.05) is 6.92 Å². The SMILES string of the molecule is C=CCN(CCC)C(=O)c1cc(F)c(F)cc1N. The van der Waals surface area contributed by atoms with Crippen molar-refractivity contribution in [2.24, 2.45) is 0 Å². The second-order valence-electron chi connectivity index (χ2n) is 3.89. The molecular formula is C13H16F2N2O. The molecule has 0 spiro atoms. The molecule has 1 aromatic rings. The first kappa shape index (κ1) is 14.2. The third kappa shape index (κ3) is 3.06. The van der Waals surface area contributed by atoms with E-state index in [0.29, 0.717) is 13.1 Å². The first-order valence-electron chi connectivity index (χ1n) is 5.66. The van der Waals surface area contributed by atoms with Crippen LogP contribution >= 0.6 is 0 Å². The van der Waals surface area contributed by atoms with Gasteiger partial charge in [0.2, 0.25) is 0 Å². The number of benzene rings is 1. The van der Waals surface area contributed by atoms with Gasteiger partial charge in [-0.2, -0.15) is 0 Å². The Morgan fingerprint density at radius 3 is 2.61 bits per heavy atom. The number of halogens is 2. The fraction of sp³-hybridized carbons (Fsp3) is 0.308. The molecule has 1 rings (SSSR count). The molecule has 0 bridgehead atoms. The highest BCUT2D eigenvalue weighted by Crippen LogP contribution is 2.19. The minimum Gasteiger partial charge on any atom is -0.398 e. The summed E-state index contributed by atoms with van der Waals surface area (Å²) in [6.07, 6.45) is 2.33. The summed E-state index contributed by atoms with van der Waals surface area (Å²) in [4.78, 5) is 13.6. The van der Waals surface area contributed by atoms with Crippen molar-refractivity contribution in [3.8, 4) is 0 Å². The van der Waals surface area contributed by atoms with E-state index in [2.05, 4.69) is 6.58 Å². The molecule has 3 nitrogen and oxygen atoms in total. The summed E-state index contributed by atoms with van der Waals surface area (Å²) < 4.78 is 26.1. The molecule has 0 aliphatic heterocycles. The van der Waals surface area contributed by atoms with Crippen LogP contribution in [0.5, 0.6) is 0 Å². The standard InChI is InChI=1S/C13H16F2N2O/c1-3-5-17(6-4-2)13(18)9-7-10(14)11(15)8-12(9)16/h3,7-8H,1,4-6,16H2,2H3. The topological polar surface area (TPSA) is 46.3 Å². The van der Waals surface area contributed by atoms with E-state index >= 15 is 0 Å². The molecule has 0 aliphatic carbocycles. The van der Waals surface area contributed by atoms with Gasteiger partial charge in [-0.05, 0) is 12.5 Å². The molecule has 18 heavy (non-hydrogen) atoms. The second-order valence-corrected chi connectivity index (χ2v) is 3.89. The number of amides is 1. The fourth-order valence-electron chi connectivity index (χ4n) is 1.62. The van der Waals surface area contributed by atoms with Crippen molar-refractivity contribution in [3.63, 3.8) is 0 Å². The average Bonchev–Trinajstić information content (AvgIpc) is 2.33. The second kappa shape index (κ2) is 6.14. The van der Waals surface area contributed by atoms with E-state index in [-0.39, 0.29) is 11.3 Å². The number of anilines is 1. The number of rotatable bonds is 5. The van der Waals surface area contributed by atoms with E-state index in [1.165, 1.54) is 4.90 Å². The van der Waals surface area contributed by atoms with Crippen molar-refractivity contribution in [1.29, 1.82) is 0 Å². The summed E-state index contributed by atoms with van der Waals surface area (Å²) in [6.45, 7) is 6.31. The minimum atomic E-state index is -1.08. The van der Waals surface area contributed by atoms with Crippen molar-refractivity contribution in [1.82, 2.24) is 4.90 Å². The highest BCUT2D eigenvalue weighted by atomic mass is 19.2. The molecule has 2 N–H and O–H groups in total. The third-order valence-electron chi connectivity index (χ3n) is 2.45. The Morgan fingerprint density at radius 1 is 1.44 bits per heavy atom. The van der Waals surface area contributed by atoms with Crippen LogP contribution in [-0.4, -0.2) is 23.9 Å². The maximum Gasteiger partial charge on any atom is 0.256 e. The zero-order valence-electron chi connectivity index (χ0n) is 10.2. The van der Waals surface area contributed by atoms with Crippen LogP contribution < -0.4 is 5.73 Å². The molecule has 0 heterocycles. The lowest BCUT2D eigenvalue weighted by Gasteiger charge is -2.21. The number of carbonyl (C=O) groups excluding carboxylic acids is 1. The maximum absolute atomic E-state index is 13.1. The molecule has 0 radical (unpaired) electrons. The number of nitrogens with two attached hydrogens (primary N) is 1. The van der Waals surface area contributed by atoms with Gasteiger partial charge in [0.1, 0.15) is 0 Å². The summed E-state index contributed by atoms with van der Waals surface area (Å²) in [5.74, 6) is -2.56. The van der Waals surface area contributed by atoms with Gasteiger partial charge in [0.05, 0.1) is 5.56 Å². The molecule has 0 saturated carbocycles. The number of carbonyl (C=O) groups is 1. The van der Waals surface area contributed by atoms with Crippen LogP contribution in [0.4, 0.5) is 14.5 Å². The molecule has 0 unspecified atom stereocenters. The average molecular weight is 254 g/mol. The molecule has 98 valence electrons. The Kier molecular flexibility index (Phi) is 4.83. The van der Waals surface area contributed by atoms with Crippen LogP contribution in [0.25, 0.3) is 0 Å². The highest BCUT2D eigenvalue weighted by Gasteiger charge is 2.19. The number of hydrogen-bond donors (Lipinski definition) is 1. The summed E-state index contributed by atoms with van der Waals surface area (Å²) in [5.41, 5.74) is 5.45. The van der Waals surface area contributed by atoms with Gasteiger partial charge in [-0.15, -0.1) is 6.58 Å². The predicted molar refractivity (Wildman–Crippen MR) is 67.2 cm³/mol. The Balaban J connectivity index is 3.07. The van der Waals surface area contributed by atoms with Gasteiger partial charge >= 0.3 is 0 Å². The summed E-state index contributed by atoms with van der Waals surface area (Å²) in [5, 5.41) is 0. The van der Waals surface area contributed by atoms with E-state index in [4.69, 9.17) is 5.73 Å². The number of nitrogen functional groups attached to an aromatic ring is 1. The Morgan fingerprint density at radius 2 is 2.06 bits per heavy atom. The summed E-state index contributed by atoms with van der Waals surface area (Å²) in [6, 6.07) is 1.65. The van der Waals surface area contributed by atoms with Gasteiger partial charge in [-0.25, -0.2) is 8.78 Å². The predicted octanol–water partition coefficient (Wildman–Crippen LogP) is 2.59. The van der Waals surface area contributed by atoms with Crippen LogP contribution in [0.3, 0.4) is 0 Å². The number of hydrogen-bond acceptors (Lipinski definition) is 2. The molecule has 1 amide bonds. The molecule has 0 saturated heterocycles.